The molecule has 1 N–H and O–H groups in total. The van der Waals surface area contributed by atoms with Gasteiger partial charge in [0.1, 0.15) is 5.75 Å². The van der Waals surface area contributed by atoms with Crippen LogP contribution in [0.1, 0.15) is 18.1 Å². The van der Waals surface area contributed by atoms with E-state index in [9.17, 15) is 0 Å². The smallest absolute Gasteiger partial charge is 0.123 e. The van der Waals surface area contributed by atoms with Crippen molar-refractivity contribution in [3.63, 3.8) is 0 Å². The van der Waals surface area contributed by atoms with Crippen LogP contribution < -0.4 is 10.1 Å². The van der Waals surface area contributed by atoms with Crippen molar-refractivity contribution in [2.24, 2.45) is 0 Å². The topological polar surface area (TPSA) is 24.5 Å². The van der Waals surface area contributed by atoms with Gasteiger partial charge in [0.25, 0.3) is 0 Å². The number of hydrogen-bond acceptors (Lipinski definition) is 3. The second-order valence-electron chi connectivity index (χ2n) is 4.53. The zero-order chi connectivity index (χ0) is 12.1. The summed E-state index contributed by atoms with van der Waals surface area (Å²) in [4.78, 5) is 2.47. The fourth-order valence-electron chi connectivity index (χ4n) is 2.25. The van der Waals surface area contributed by atoms with E-state index in [1.165, 1.54) is 11.1 Å². The largest absolute Gasteiger partial charge is 0.496 e. The molecule has 1 saturated heterocycles. The normalized spacial score (nSPS) is 17.1. The predicted molar refractivity (Wildman–Crippen MR) is 70.5 cm³/mol. The maximum atomic E-state index is 5.49. The second kappa shape index (κ2) is 6.03. The molecule has 1 aliphatic heterocycles. The molecule has 17 heavy (non-hydrogen) atoms. The average molecular weight is 234 g/mol. The number of methoxy groups -OCH3 is 1. The van der Waals surface area contributed by atoms with Gasteiger partial charge in [0.05, 0.1) is 7.11 Å². The van der Waals surface area contributed by atoms with Gasteiger partial charge in [-0.2, -0.15) is 0 Å². The minimum Gasteiger partial charge on any atom is -0.496 e. The molecule has 1 aromatic carbocycles. The number of aryl methyl sites for hydroxylation is 1. The van der Waals surface area contributed by atoms with Crippen LogP contribution in [-0.2, 0) is 13.0 Å². The Morgan fingerprint density at radius 3 is 2.71 bits per heavy atom. The fraction of sp³-hybridized carbons (Fsp3) is 0.571. The van der Waals surface area contributed by atoms with Crippen molar-refractivity contribution >= 4 is 0 Å². The standard InChI is InChI=1S/C14H22N2O/c1-3-12-4-5-13(14(10-12)17-2)11-16-8-6-15-7-9-16/h4-5,10,15H,3,6-9,11H2,1-2H3. The van der Waals surface area contributed by atoms with Crippen molar-refractivity contribution in [3.8, 4) is 5.75 Å². The molecule has 1 aromatic rings. The minimum atomic E-state index is 0.995. The molecule has 0 aliphatic carbocycles. The van der Waals surface area contributed by atoms with Crippen molar-refractivity contribution in [3.05, 3.63) is 29.3 Å². The van der Waals surface area contributed by atoms with Gasteiger partial charge in [0.15, 0.2) is 0 Å². The minimum absolute atomic E-state index is 0.995. The van der Waals surface area contributed by atoms with Crippen LogP contribution in [0, 0.1) is 0 Å². The highest BCUT2D eigenvalue weighted by Gasteiger charge is 2.12. The van der Waals surface area contributed by atoms with Crippen LogP contribution in [0.4, 0.5) is 0 Å². The van der Waals surface area contributed by atoms with Gasteiger partial charge in [0, 0.05) is 38.3 Å². The third-order valence-electron chi connectivity index (χ3n) is 3.36. The molecule has 0 atom stereocenters. The first kappa shape index (κ1) is 12.4. The average Bonchev–Trinajstić information content (AvgIpc) is 2.40. The summed E-state index contributed by atoms with van der Waals surface area (Å²) in [6.07, 6.45) is 1.06. The molecule has 0 amide bonds. The Kier molecular flexibility index (Phi) is 4.40. The number of nitrogens with one attached hydrogen (secondary N) is 1. The molecule has 0 spiro atoms. The summed E-state index contributed by atoms with van der Waals surface area (Å²) in [7, 11) is 1.76. The molecule has 1 heterocycles. The number of hydrogen-bond donors (Lipinski definition) is 1. The van der Waals surface area contributed by atoms with Crippen LogP contribution in [0.3, 0.4) is 0 Å². The molecule has 0 radical (unpaired) electrons. The van der Waals surface area contributed by atoms with Gasteiger partial charge in [-0.25, -0.2) is 0 Å². The van der Waals surface area contributed by atoms with E-state index in [2.05, 4.69) is 35.3 Å². The van der Waals surface area contributed by atoms with Crippen molar-refractivity contribution in [2.75, 3.05) is 33.3 Å². The third-order valence-corrected chi connectivity index (χ3v) is 3.36. The quantitative estimate of drug-likeness (QED) is 0.857. The lowest BCUT2D eigenvalue weighted by atomic mass is 10.1. The summed E-state index contributed by atoms with van der Waals surface area (Å²) in [6.45, 7) is 7.60. The highest BCUT2D eigenvalue weighted by atomic mass is 16.5. The van der Waals surface area contributed by atoms with Crippen LogP contribution in [0.2, 0.25) is 0 Å². The fourth-order valence-corrected chi connectivity index (χ4v) is 2.25. The van der Waals surface area contributed by atoms with Crippen molar-refractivity contribution in [1.29, 1.82) is 0 Å². The Morgan fingerprint density at radius 2 is 2.06 bits per heavy atom. The van der Waals surface area contributed by atoms with E-state index >= 15 is 0 Å². The van der Waals surface area contributed by atoms with Gasteiger partial charge in [-0.1, -0.05) is 19.1 Å². The van der Waals surface area contributed by atoms with Crippen molar-refractivity contribution in [1.82, 2.24) is 10.2 Å². The van der Waals surface area contributed by atoms with E-state index in [1.54, 1.807) is 7.11 Å². The third kappa shape index (κ3) is 3.20. The van der Waals surface area contributed by atoms with E-state index in [1.807, 2.05) is 0 Å². The Balaban J connectivity index is 2.08. The second-order valence-corrected chi connectivity index (χ2v) is 4.53. The van der Waals surface area contributed by atoms with Gasteiger partial charge in [-0.15, -0.1) is 0 Å². The molecule has 0 aromatic heterocycles. The Hall–Kier alpha value is -1.06. The Labute approximate surface area is 104 Å². The van der Waals surface area contributed by atoms with Crippen LogP contribution in [0.25, 0.3) is 0 Å². The monoisotopic (exact) mass is 234 g/mol. The van der Waals surface area contributed by atoms with Gasteiger partial charge in [-0.3, -0.25) is 4.90 Å². The molecular formula is C14H22N2O. The molecule has 1 fully saturated rings. The van der Waals surface area contributed by atoms with Crippen LogP contribution >= 0.6 is 0 Å². The summed E-state index contributed by atoms with van der Waals surface area (Å²) in [5.41, 5.74) is 2.64. The zero-order valence-corrected chi connectivity index (χ0v) is 10.8. The van der Waals surface area contributed by atoms with Crippen LogP contribution in [0.5, 0.6) is 5.75 Å². The number of benzene rings is 1. The van der Waals surface area contributed by atoms with Gasteiger partial charge >= 0.3 is 0 Å². The molecule has 0 bridgehead atoms. The first-order valence-corrected chi connectivity index (χ1v) is 6.42. The molecular weight excluding hydrogens is 212 g/mol. The summed E-state index contributed by atoms with van der Waals surface area (Å²) < 4.78 is 5.49. The van der Waals surface area contributed by atoms with E-state index < -0.39 is 0 Å². The maximum absolute atomic E-state index is 5.49. The van der Waals surface area contributed by atoms with Crippen LogP contribution in [-0.4, -0.2) is 38.2 Å². The highest BCUT2D eigenvalue weighted by Crippen LogP contribution is 2.22. The number of piperazine rings is 1. The Bertz CT molecular complexity index is 359. The molecule has 3 nitrogen and oxygen atoms in total. The molecule has 1 aliphatic rings. The first-order chi connectivity index (χ1) is 8.33. The lowest BCUT2D eigenvalue weighted by Gasteiger charge is -2.27. The van der Waals surface area contributed by atoms with Crippen molar-refractivity contribution < 1.29 is 4.74 Å². The number of nitrogens with zero attached hydrogens (tertiary/aromatic N) is 1. The zero-order valence-electron chi connectivity index (χ0n) is 10.8. The van der Waals surface area contributed by atoms with E-state index in [-0.39, 0.29) is 0 Å². The number of ether oxygens (including phenoxy) is 1. The summed E-state index contributed by atoms with van der Waals surface area (Å²) in [5, 5.41) is 3.37. The van der Waals surface area contributed by atoms with Crippen molar-refractivity contribution in [2.45, 2.75) is 19.9 Å². The summed E-state index contributed by atoms with van der Waals surface area (Å²) >= 11 is 0. The predicted octanol–water partition coefficient (Wildman–Crippen LogP) is 1.66. The SMILES string of the molecule is CCc1ccc(CN2CCNCC2)c(OC)c1. The lowest BCUT2D eigenvalue weighted by molar-refractivity contribution is 0.230. The summed E-state index contributed by atoms with van der Waals surface area (Å²) in [6, 6.07) is 6.58. The lowest BCUT2D eigenvalue weighted by Crippen LogP contribution is -2.42. The van der Waals surface area contributed by atoms with Gasteiger partial charge < -0.3 is 10.1 Å². The Morgan fingerprint density at radius 1 is 1.29 bits per heavy atom. The highest BCUT2D eigenvalue weighted by molar-refractivity contribution is 5.37. The number of rotatable bonds is 4. The van der Waals surface area contributed by atoms with E-state index in [0.717, 1.165) is 44.9 Å². The first-order valence-electron chi connectivity index (χ1n) is 6.42. The molecule has 3 heteroatoms. The van der Waals surface area contributed by atoms with E-state index in [0.29, 0.717) is 0 Å². The van der Waals surface area contributed by atoms with Gasteiger partial charge in [-0.05, 0) is 18.1 Å². The molecule has 0 saturated carbocycles. The summed E-state index contributed by atoms with van der Waals surface area (Å²) in [5.74, 6) is 1.03. The molecule has 0 unspecified atom stereocenters. The molecule has 94 valence electrons. The van der Waals surface area contributed by atoms with Gasteiger partial charge in [0.2, 0.25) is 0 Å². The maximum Gasteiger partial charge on any atom is 0.123 e. The molecule has 2 rings (SSSR count). The van der Waals surface area contributed by atoms with E-state index in [4.69, 9.17) is 4.74 Å². The van der Waals surface area contributed by atoms with Crippen LogP contribution in [0.15, 0.2) is 18.2 Å².